The van der Waals surface area contributed by atoms with Gasteiger partial charge in [0.25, 0.3) is 0 Å². The highest BCUT2D eigenvalue weighted by molar-refractivity contribution is 7.18. The summed E-state index contributed by atoms with van der Waals surface area (Å²) in [6.45, 7) is 0.937. The second-order valence-electron chi connectivity index (χ2n) is 3.82. The number of fused-ring (bicyclic) bond motifs is 1. The van der Waals surface area contributed by atoms with Crippen LogP contribution in [0.2, 0.25) is 0 Å². The van der Waals surface area contributed by atoms with E-state index in [1.54, 1.807) is 24.3 Å². The summed E-state index contributed by atoms with van der Waals surface area (Å²) < 4.78 is 11.1. The van der Waals surface area contributed by atoms with E-state index in [1.807, 2.05) is 0 Å². The fraction of sp³-hybridized carbons (Fsp3) is 0.154. The number of benzene rings is 1. The Balaban J connectivity index is 2.14. The molecule has 0 saturated carbocycles. The van der Waals surface area contributed by atoms with Gasteiger partial charge < -0.3 is 14.6 Å². The van der Waals surface area contributed by atoms with E-state index < -0.39 is 0 Å². The van der Waals surface area contributed by atoms with Crippen molar-refractivity contribution in [2.75, 3.05) is 13.2 Å². The summed E-state index contributed by atoms with van der Waals surface area (Å²) in [5, 5.41) is 9.28. The molecule has 0 atom stereocenters. The van der Waals surface area contributed by atoms with Crippen LogP contribution in [0.15, 0.2) is 24.3 Å². The molecule has 18 heavy (non-hydrogen) atoms. The van der Waals surface area contributed by atoms with Gasteiger partial charge in [-0.05, 0) is 29.8 Å². The lowest BCUT2D eigenvalue weighted by Crippen LogP contribution is -2.15. The second-order valence-corrected chi connectivity index (χ2v) is 4.87. The summed E-state index contributed by atoms with van der Waals surface area (Å²) in [6, 6.07) is 6.78. The number of rotatable bonds is 2. The summed E-state index contributed by atoms with van der Waals surface area (Å²) in [4.78, 5) is 12.4. The van der Waals surface area contributed by atoms with Crippen LogP contribution in [0.1, 0.15) is 9.67 Å². The third-order valence-electron chi connectivity index (χ3n) is 2.66. The van der Waals surface area contributed by atoms with Gasteiger partial charge in [0.15, 0.2) is 17.8 Å². The molecule has 5 heteroatoms. The predicted octanol–water partition coefficient (Wildman–Crippen LogP) is 2.70. The molecule has 0 aliphatic carbocycles. The summed E-state index contributed by atoms with van der Waals surface area (Å²) in [5.74, 6) is 1.36. The van der Waals surface area contributed by atoms with Gasteiger partial charge in [0.05, 0.1) is 4.88 Å². The molecule has 1 aromatic carbocycles. The maximum absolute atomic E-state index is 11.0. The van der Waals surface area contributed by atoms with Crippen molar-refractivity contribution in [2.45, 2.75) is 0 Å². The molecule has 3 rings (SSSR count). The van der Waals surface area contributed by atoms with Crippen LogP contribution in [-0.4, -0.2) is 24.6 Å². The van der Waals surface area contributed by atoms with Gasteiger partial charge in [-0.3, -0.25) is 4.79 Å². The molecule has 2 heterocycles. The Hall–Kier alpha value is -2.01. The molecule has 1 aliphatic rings. The zero-order valence-corrected chi connectivity index (χ0v) is 10.2. The number of phenols is 1. The van der Waals surface area contributed by atoms with Crippen molar-refractivity contribution in [3.8, 4) is 27.7 Å². The highest BCUT2D eigenvalue weighted by atomic mass is 32.1. The Morgan fingerprint density at radius 3 is 2.44 bits per heavy atom. The molecular weight excluding hydrogens is 252 g/mol. The minimum Gasteiger partial charge on any atom is -0.508 e. The van der Waals surface area contributed by atoms with Crippen LogP contribution in [0.4, 0.5) is 0 Å². The largest absolute Gasteiger partial charge is 0.508 e. The van der Waals surface area contributed by atoms with Gasteiger partial charge in [0.2, 0.25) is 0 Å². The molecule has 1 N–H and O–H groups in total. The first-order valence-electron chi connectivity index (χ1n) is 5.46. The van der Waals surface area contributed by atoms with Crippen LogP contribution in [0.5, 0.6) is 17.2 Å². The Kier molecular flexibility index (Phi) is 2.68. The first-order chi connectivity index (χ1) is 8.79. The summed E-state index contributed by atoms with van der Waals surface area (Å²) in [6.07, 6.45) is 0.780. The molecule has 0 spiro atoms. The SMILES string of the molecule is O=Cc1sc(-c2ccc(O)cc2)c2c1OCCO2. The zero-order chi connectivity index (χ0) is 12.5. The van der Waals surface area contributed by atoms with Crippen molar-refractivity contribution in [3.63, 3.8) is 0 Å². The Labute approximate surface area is 107 Å². The quantitative estimate of drug-likeness (QED) is 0.845. The number of hydrogen-bond donors (Lipinski definition) is 1. The Morgan fingerprint density at radius 1 is 1.11 bits per heavy atom. The average molecular weight is 262 g/mol. The fourth-order valence-corrected chi connectivity index (χ4v) is 2.86. The number of thiophene rings is 1. The Morgan fingerprint density at radius 2 is 1.78 bits per heavy atom. The van der Waals surface area contributed by atoms with E-state index >= 15 is 0 Å². The summed E-state index contributed by atoms with van der Waals surface area (Å²) in [5.41, 5.74) is 0.896. The van der Waals surface area contributed by atoms with E-state index in [0.717, 1.165) is 16.7 Å². The average Bonchev–Trinajstić information content (AvgIpc) is 2.79. The maximum Gasteiger partial charge on any atom is 0.183 e. The number of ether oxygens (including phenoxy) is 2. The van der Waals surface area contributed by atoms with Crippen LogP contribution >= 0.6 is 11.3 Å². The van der Waals surface area contributed by atoms with E-state index in [1.165, 1.54) is 11.3 Å². The van der Waals surface area contributed by atoms with Gasteiger partial charge in [-0.25, -0.2) is 0 Å². The summed E-state index contributed by atoms with van der Waals surface area (Å²) >= 11 is 1.33. The molecule has 0 fully saturated rings. The van der Waals surface area contributed by atoms with Gasteiger partial charge in [0, 0.05) is 0 Å². The Bertz CT molecular complexity index is 586. The monoisotopic (exact) mass is 262 g/mol. The molecule has 4 nitrogen and oxygen atoms in total. The van der Waals surface area contributed by atoms with E-state index in [9.17, 15) is 9.90 Å². The van der Waals surface area contributed by atoms with Crippen molar-refractivity contribution in [1.82, 2.24) is 0 Å². The van der Waals surface area contributed by atoms with Gasteiger partial charge in [-0.15, -0.1) is 11.3 Å². The lowest BCUT2D eigenvalue weighted by atomic mass is 10.1. The highest BCUT2D eigenvalue weighted by Gasteiger charge is 2.24. The molecule has 0 radical (unpaired) electrons. The topological polar surface area (TPSA) is 55.8 Å². The third-order valence-corrected chi connectivity index (χ3v) is 3.79. The number of aldehydes is 1. The van der Waals surface area contributed by atoms with Crippen LogP contribution in [0, 0.1) is 0 Å². The molecule has 2 aromatic rings. The van der Waals surface area contributed by atoms with E-state index in [4.69, 9.17) is 9.47 Å². The highest BCUT2D eigenvalue weighted by Crippen LogP contribution is 2.48. The normalized spacial score (nSPS) is 13.3. The van der Waals surface area contributed by atoms with Crippen molar-refractivity contribution in [2.24, 2.45) is 0 Å². The third kappa shape index (κ3) is 1.73. The molecule has 0 unspecified atom stereocenters. The molecular formula is C13H10O4S. The van der Waals surface area contributed by atoms with Crippen LogP contribution < -0.4 is 9.47 Å². The van der Waals surface area contributed by atoms with Gasteiger partial charge in [-0.1, -0.05) is 0 Å². The minimum atomic E-state index is 0.206. The lowest BCUT2D eigenvalue weighted by molar-refractivity contribution is 0.111. The number of hydrogen-bond acceptors (Lipinski definition) is 5. The molecule has 0 bridgehead atoms. The summed E-state index contributed by atoms with van der Waals surface area (Å²) in [7, 11) is 0. The standard InChI is InChI=1S/C13H10O4S/c14-7-10-11-12(17-6-5-16-11)13(18-10)8-1-3-9(15)4-2-8/h1-4,7,15H,5-6H2. The molecule has 1 aliphatic heterocycles. The van der Waals surface area contributed by atoms with E-state index in [2.05, 4.69) is 0 Å². The van der Waals surface area contributed by atoms with Crippen molar-refractivity contribution >= 4 is 17.6 Å². The van der Waals surface area contributed by atoms with Crippen LogP contribution in [0.3, 0.4) is 0 Å². The van der Waals surface area contributed by atoms with Crippen LogP contribution in [0.25, 0.3) is 10.4 Å². The van der Waals surface area contributed by atoms with Crippen LogP contribution in [-0.2, 0) is 0 Å². The molecule has 92 valence electrons. The molecule has 0 saturated heterocycles. The van der Waals surface area contributed by atoms with Gasteiger partial charge in [0.1, 0.15) is 23.8 Å². The molecule has 1 aromatic heterocycles. The number of carbonyl (C=O) groups is 1. The van der Waals surface area contributed by atoms with E-state index in [-0.39, 0.29) is 5.75 Å². The first kappa shape index (κ1) is 11.1. The van der Waals surface area contributed by atoms with E-state index in [0.29, 0.717) is 29.6 Å². The number of carbonyl (C=O) groups excluding carboxylic acids is 1. The number of phenolic OH excluding ortho intramolecular Hbond substituents is 1. The van der Waals surface area contributed by atoms with Gasteiger partial charge >= 0.3 is 0 Å². The number of aromatic hydroxyl groups is 1. The van der Waals surface area contributed by atoms with Gasteiger partial charge in [-0.2, -0.15) is 0 Å². The first-order valence-corrected chi connectivity index (χ1v) is 6.28. The second kappa shape index (κ2) is 4.34. The van der Waals surface area contributed by atoms with Crippen molar-refractivity contribution in [1.29, 1.82) is 0 Å². The maximum atomic E-state index is 11.0. The van der Waals surface area contributed by atoms with Crippen molar-refractivity contribution in [3.05, 3.63) is 29.1 Å². The fourth-order valence-electron chi connectivity index (χ4n) is 1.85. The van der Waals surface area contributed by atoms with Crippen molar-refractivity contribution < 1.29 is 19.4 Å². The smallest absolute Gasteiger partial charge is 0.183 e. The minimum absolute atomic E-state index is 0.206. The molecule has 0 amide bonds. The predicted molar refractivity (Wildman–Crippen MR) is 67.8 cm³/mol. The lowest BCUT2D eigenvalue weighted by Gasteiger charge is -2.16. The zero-order valence-electron chi connectivity index (χ0n) is 9.38.